The van der Waals surface area contributed by atoms with Crippen molar-refractivity contribution in [3.05, 3.63) is 8.96 Å². The zero-order valence-corrected chi connectivity index (χ0v) is 9.49. The highest BCUT2D eigenvalue weighted by molar-refractivity contribution is 7.73. The second-order valence-electron chi connectivity index (χ2n) is 2.51. The lowest BCUT2D eigenvalue weighted by Gasteiger charge is -2.02. The average Bonchev–Trinajstić information content (AvgIpc) is 2.64. The Balaban J connectivity index is 2.22. The number of rotatable bonds is 6. The van der Waals surface area contributed by atoms with E-state index in [-0.39, 0.29) is 19.1 Å². The van der Waals surface area contributed by atoms with Gasteiger partial charge in [-0.2, -0.15) is 5.10 Å². The van der Waals surface area contributed by atoms with E-state index in [2.05, 4.69) is 15.5 Å². The van der Waals surface area contributed by atoms with Gasteiger partial charge in [-0.3, -0.25) is 9.89 Å². The highest BCUT2D eigenvalue weighted by Gasteiger charge is 2.08. The van der Waals surface area contributed by atoms with Gasteiger partial charge in [0, 0.05) is 6.54 Å². The van der Waals surface area contributed by atoms with Crippen LogP contribution in [0, 0.1) is 3.95 Å². The molecule has 1 aromatic rings. The van der Waals surface area contributed by atoms with Crippen molar-refractivity contribution >= 4 is 29.5 Å². The molecule has 0 aliphatic carbocycles. The van der Waals surface area contributed by atoms with Gasteiger partial charge in [-0.1, -0.05) is 11.3 Å². The summed E-state index contributed by atoms with van der Waals surface area (Å²) < 4.78 is 5.43. The maximum absolute atomic E-state index is 11.4. The van der Waals surface area contributed by atoms with E-state index in [9.17, 15) is 4.79 Å². The van der Waals surface area contributed by atoms with Crippen molar-refractivity contribution in [2.24, 2.45) is 0 Å². The highest BCUT2D eigenvalue weighted by atomic mass is 32.1. The smallest absolute Gasteiger partial charge is 0.282 e. The van der Waals surface area contributed by atoms with Crippen LogP contribution in [0.5, 0.6) is 0 Å². The minimum absolute atomic E-state index is 0.0191. The molecule has 84 valence electrons. The molecule has 0 aliphatic heterocycles. The van der Waals surface area contributed by atoms with Crippen LogP contribution in [0.4, 0.5) is 0 Å². The summed E-state index contributed by atoms with van der Waals surface area (Å²) in [5.41, 5.74) is 0. The van der Waals surface area contributed by atoms with Gasteiger partial charge in [-0.15, -0.1) is 0 Å². The fraction of sp³-hybridized carbons (Fsp3) is 0.571. The van der Waals surface area contributed by atoms with Crippen LogP contribution in [0.1, 0.15) is 9.80 Å². The summed E-state index contributed by atoms with van der Waals surface area (Å²) in [4.78, 5) is 11.4. The number of aromatic nitrogens is 2. The Morgan fingerprint density at radius 2 is 2.47 bits per heavy atom. The molecule has 0 bridgehead atoms. The molecule has 1 aromatic heterocycles. The van der Waals surface area contributed by atoms with Crippen LogP contribution in [0.3, 0.4) is 0 Å². The summed E-state index contributed by atoms with van der Waals surface area (Å²) >= 11 is 5.91. The molecule has 0 fully saturated rings. The van der Waals surface area contributed by atoms with Crippen molar-refractivity contribution in [3.8, 4) is 0 Å². The van der Waals surface area contributed by atoms with Crippen LogP contribution < -0.4 is 5.32 Å². The van der Waals surface area contributed by atoms with Crippen molar-refractivity contribution < 1.29 is 14.6 Å². The monoisotopic (exact) mass is 249 g/mol. The Morgan fingerprint density at radius 1 is 1.67 bits per heavy atom. The Morgan fingerprint density at radius 3 is 3.07 bits per heavy atom. The van der Waals surface area contributed by atoms with Crippen LogP contribution in [0.2, 0.25) is 0 Å². The predicted octanol–water partition coefficient (Wildman–Crippen LogP) is -0.0606. The molecule has 0 aromatic carbocycles. The first-order valence-electron chi connectivity index (χ1n) is 4.26. The van der Waals surface area contributed by atoms with Gasteiger partial charge < -0.3 is 15.2 Å². The van der Waals surface area contributed by atoms with E-state index in [1.807, 2.05) is 0 Å². The van der Waals surface area contributed by atoms with Gasteiger partial charge in [-0.05, 0) is 12.2 Å². The van der Waals surface area contributed by atoms with E-state index in [0.717, 1.165) is 11.3 Å². The summed E-state index contributed by atoms with van der Waals surface area (Å²) in [7, 11) is 0. The Labute approximate surface area is 95.3 Å². The first-order valence-corrected chi connectivity index (χ1v) is 5.49. The van der Waals surface area contributed by atoms with Gasteiger partial charge in [0.05, 0.1) is 19.8 Å². The fourth-order valence-corrected chi connectivity index (χ4v) is 1.61. The van der Waals surface area contributed by atoms with Crippen molar-refractivity contribution in [2.45, 2.75) is 0 Å². The predicted molar refractivity (Wildman–Crippen MR) is 57.5 cm³/mol. The standard InChI is InChI=1S/C7H11N3O3S2/c11-2-4-13-3-1-8-5(12)6-9-10-7(14)15-6/h11H,1-4H2,(H,8,12)(H,10,14). The lowest BCUT2D eigenvalue weighted by molar-refractivity contribution is 0.0837. The minimum atomic E-state index is -0.278. The number of H-pyrrole nitrogens is 1. The number of nitrogens with one attached hydrogen (secondary N) is 2. The number of aromatic amines is 1. The van der Waals surface area contributed by atoms with Gasteiger partial charge in [0.25, 0.3) is 5.91 Å². The molecule has 8 heteroatoms. The van der Waals surface area contributed by atoms with Crippen molar-refractivity contribution in [1.29, 1.82) is 0 Å². The normalized spacial score (nSPS) is 10.2. The number of aliphatic hydroxyl groups excluding tert-OH is 1. The van der Waals surface area contributed by atoms with Gasteiger partial charge in [0.1, 0.15) is 0 Å². The zero-order chi connectivity index (χ0) is 11.1. The van der Waals surface area contributed by atoms with Crippen molar-refractivity contribution in [3.63, 3.8) is 0 Å². The summed E-state index contributed by atoms with van der Waals surface area (Å²) in [6, 6.07) is 0. The molecular weight excluding hydrogens is 238 g/mol. The Bertz CT molecular complexity index is 362. The van der Waals surface area contributed by atoms with Gasteiger partial charge >= 0.3 is 0 Å². The fourth-order valence-electron chi connectivity index (χ4n) is 0.806. The van der Waals surface area contributed by atoms with Crippen LogP contribution >= 0.6 is 23.6 Å². The average molecular weight is 249 g/mol. The Hall–Kier alpha value is -0.830. The number of hydrogen-bond donors (Lipinski definition) is 3. The van der Waals surface area contributed by atoms with E-state index >= 15 is 0 Å². The summed E-state index contributed by atoms with van der Waals surface area (Å²) in [5.74, 6) is -0.278. The second-order valence-corrected chi connectivity index (χ2v) is 4.18. The quantitative estimate of drug-likeness (QED) is 0.485. The molecule has 3 N–H and O–H groups in total. The number of carbonyl (C=O) groups excluding carboxylic acids is 1. The molecule has 0 saturated heterocycles. The van der Waals surface area contributed by atoms with E-state index in [4.69, 9.17) is 22.1 Å². The summed E-state index contributed by atoms with van der Waals surface area (Å²) in [6.07, 6.45) is 0. The topological polar surface area (TPSA) is 87.2 Å². The lowest BCUT2D eigenvalue weighted by Crippen LogP contribution is -2.27. The molecule has 1 rings (SSSR count). The molecule has 1 amide bonds. The Kier molecular flexibility index (Phi) is 5.40. The van der Waals surface area contributed by atoms with Crippen LogP contribution in [0.25, 0.3) is 0 Å². The molecule has 0 saturated carbocycles. The molecule has 0 spiro atoms. The van der Waals surface area contributed by atoms with E-state index < -0.39 is 0 Å². The van der Waals surface area contributed by atoms with Crippen LogP contribution in [-0.2, 0) is 4.74 Å². The van der Waals surface area contributed by atoms with Gasteiger partial charge in [-0.25, -0.2) is 0 Å². The molecule has 0 atom stereocenters. The third-order valence-corrected chi connectivity index (χ3v) is 2.49. The van der Waals surface area contributed by atoms with Crippen molar-refractivity contribution in [1.82, 2.24) is 15.5 Å². The number of nitrogens with zero attached hydrogens (tertiary/aromatic N) is 1. The molecular formula is C7H11N3O3S2. The number of hydrogen-bond acceptors (Lipinski definition) is 6. The maximum atomic E-state index is 11.4. The molecule has 0 unspecified atom stereocenters. The highest BCUT2D eigenvalue weighted by Crippen LogP contribution is 2.03. The SMILES string of the molecule is O=C(NCCOCCO)c1n[nH]c(=S)s1. The summed E-state index contributed by atoms with van der Waals surface area (Å²) in [6.45, 7) is 0.999. The van der Waals surface area contributed by atoms with Crippen molar-refractivity contribution in [2.75, 3.05) is 26.4 Å². The third-order valence-electron chi connectivity index (χ3n) is 1.40. The largest absolute Gasteiger partial charge is 0.394 e. The third kappa shape index (κ3) is 4.47. The number of aliphatic hydroxyl groups is 1. The maximum Gasteiger partial charge on any atom is 0.282 e. The first kappa shape index (κ1) is 12.2. The van der Waals surface area contributed by atoms with Crippen LogP contribution in [0.15, 0.2) is 0 Å². The minimum Gasteiger partial charge on any atom is -0.394 e. The zero-order valence-electron chi connectivity index (χ0n) is 7.86. The van der Waals surface area contributed by atoms with E-state index in [1.54, 1.807) is 0 Å². The number of carbonyl (C=O) groups is 1. The second kappa shape index (κ2) is 6.62. The number of ether oxygens (including phenoxy) is 1. The van der Waals surface area contributed by atoms with Gasteiger partial charge in [0.2, 0.25) is 5.01 Å². The summed E-state index contributed by atoms with van der Waals surface area (Å²) in [5, 5.41) is 17.6. The molecule has 0 aliphatic rings. The van der Waals surface area contributed by atoms with Gasteiger partial charge in [0.15, 0.2) is 3.95 Å². The van der Waals surface area contributed by atoms with E-state index in [0.29, 0.717) is 22.1 Å². The molecule has 0 radical (unpaired) electrons. The molecule has 6 nitrogen and oxygen atoms in total. The lowest BCUT2D eigenvalue weighted by atomic mass is 10.6. The molecule has 15 heavy (non-hydrogen) atoms. The van der Waals surface area contributed by atoms with E-state index in [1.165, 1.54) is 0 Å². The first-order chi connectivity index (χ1) is 7.24. The molecule has 1 heterocycles. The number of amides is 1. The van der Waals surface area contributed by atoms with Crippen LogP contribution in [-0.4, -0.2) is 47.6 Å².